The molecule has 0 radical (unpaired) electrons. The Morgan fingerprint density at radius 2 is 2.04 bits per heavy atom. The van der Waals surface area contributed by atoms with Crippen LogP contribution in [0, 0.1) is 5.41 Å². The van der Waals surface area contributed by atoms with Crippen LogP contribution in [-0.4, -0.2) is 68.6 Å². The molecule has 1 aromatic carbocycles. The average Bonchev–Trinajstić information content (AvgIpc) is 2.69. The molecule has 26 heavy (non-hydrogen) atoms. The van der Waals surface area contributed by atoms with E-state index in [9.17, 15) is 9.90 Å². The predicted octanol–water partition coefficient (Wildman–Crippen LogP) is 1.03. The van der Waals surface area contributed by atoms with E-state index < -0.39 is 0 Å². The number of rotatable bonds is 6. The molecule has 2 fully saturated rings. The minimum Gasteiger partial charge on any atom is -0.497 e. The van der Waals surface area contributed by atoms with Gasteiger partial charge in [-0.2, -0.15) is 0 Å². The third-order valence-corrected chi connectivity index (χ3v) is 5.80. The largest absolute Gasteiger partial charge is 0.497 e. The first-order chi connectivity index (χ1) is 12.6. The fraction of sp³-hybridized carbons (Fsp3) is 0.632. The van der Waals surface area contributed by atoms with Gasteiger partial charge in [0.2, 0.25) is 0 Å². The minimum absolute atomic E-state index is 0.0359. The van der Waals surface area contributed by atoms with Crippen LogP contribution in [0.1, 0.15) is 29.6 Å². The van der Waals surface area contributed by atoms with Gasteiger partial charge in [-0.25, -0.2) is 0 Å². The van der Waals surface area contributed by atoms with Crippen LogP contribution in [0.3, 0.4) is 0 Å². The van der Waals surface area contributed by atoms with Crippen LogP contribution in [0.25, 0.3) is 0 Å². The molecular formula is C19H28N2O5. The van der Waals surface area contributed by atoms with Gasteiger partial charge in [0, 0.05) is 37.5 Å². The average molecular weight is 364 g/mol. The van der Waals surface area contributed by atoms with Crippen molar-refractivity contribution in [1.82, 2.24) is 4.90 Å². The number of hydrogen-bond donors (Lipinski definition) is 2. The normalized spacial score (nSPS) is 24.2. The molecule has 1 aliphatic carbocycles. The molecule has 0 bridgehead atoms. The van der Waals surface area contributed by atoms with Gasteiger partial charge in [-0.1, -0.05) is 0 Å². The lowest BCUT2D eigenvalue weighted by Gasteiger charge is -2.56. The molecule has 1 amide bonds. The molecule has 7 nitrogen and oxygen atoms in total. The van der Waals surface area contributed by atoms with E-state index in [4.69, 9.17) is 19.9 Å². The van der Waals surface area contributed by atoms with Gasteiger partial charge in [-0.05, 0) is 25.0 Å². The lowest BCUT2D eigenvalue weighted by molar-refractivity contribution is -0.207. The van der Waals surface area contributed by atoms with Gasteiger partial charge < -0.3 is 30.0 Å². The van der Waals surface area contributed by atoms with Crippen molar-refractivity contribution in [3.8, 4) is 11.5 Å². The third kappa shape index (κ3) is 3.26. The van der Waals surface area contributed by atoms with Gasteiger partial charge in [0.15, 0.2) is 0 Å². The van der Waals surface area contributed by atoms with Crippen molar-refractivity contribution < 1.29 is 24.1 Å². The van der Waals surface area contributed by atoms with Gasteiger partial charge in [-0.15, -0.1) is 0 Å². The fourth-order valence-corrected chi connectivity index (χ4v) is 4.10. The van der Waals surface area contributed by atoms with E-state index in [-0.39, 0.29) is 23.5 Å². The maximum atomic E-state index is 12.9. The SMILES string of the molecule is COc1ccc(C(=O)N2CCC3(CC2)C(O)CC3OCCN)c(OC)c1. The summed E-state index contributed by atoms with van der Waals surface area (Å²) >= 11 is 0. The molecule has 3 rings (SSSR count). The van der Waals surface area contributed by atoms with E-state index in [0.29, 0.717) is 49.7 Å². The summed E-state index contributed by atoms with van der Waals surface area (Å²) in [6.07, 6.45) is 1.79. The Kier molecular flexibility index (Phi) is 5.70. The number of amides is 1. The molecule has 0 aromatic heterocycles. The summed E-state index contributed by atoms with van der Waals surface area (Å²) in [6, 6.07) is 5.20. The van der Waals surface area contributed by atoms with Gasteiger partial charge in [0.1, 0.15) is 11.5 Å². The van der Waals surface area contributed by atoms with E-state index in [0.717, 1.165) is 12.8 Å². The maximum absolute atomic E-state index is 12.9. The summed E-state index contributed by atoms with van der Waals surface area (Å²) in [7, 11) is 3.12. The predicted molar refractivity (Wildman–Crippen MR) is 96.5 cm³/mol. The van der Waals surface area contributed by atoms with Crippen molar-refractivity contribution >= 4 is 5.91 Å². The monoisotopic (exact) mass is 364 g/mol. The van der Waals surface area contributed by atoms with Gasteiger partial charge in [0.05, 0.1) is 38.6 Å². The maximum Gasteiger partial charge on any atom is 0.257 e. The van der Waals surface area contributed by atoms with E-state index >= 15 is 0 Å². The van der Waals surface area contributed by atoms with Crippen LogP contribution in [-0.2, 0) is 4.74 Å². The zero-order valence-electron chi connectivity index (χ0n) is 15.4. The number of likely N-dealkylation sites (tertiary alicyclic amines) is 1. The topological polar surface area (TPSA) is 94.2 Å². The first-order valence-corrected chi connectivity index (χ1v) is 9.06. The van der Waals surface area contributed by atoms with Crippen molar-refractivity contribution in [3.63, 3.8) is 0 Å². The zero-order valence-corrected chi connectivity index (χ0v) is 15.4. The summed E-state index contributed by atoms with van der Waals surface area (Å²) in [4.78, 5) is 14.7. The Hall–Kier alpha value is -1.83. The highest BCUT2D eigenvalue weighted by atomic mass is 16.5. The lowest BCUT2D eigenvalue weighted by Crippen LogP contribution is -2.62. The molecule has 7 heteroatoms. The first kappa shape index (κ1) is 18.9. The summed E-state index contributed by atoms with van der Waals surface area (Å²) in [6.45, 7) is 2.16. The number of nitrogens with two attached hydrogens (primary N) is 1. The van der Waals surface area contributed by atoms with Gasteiger partial charge in [0.25, 0.3) is 5.91 Å². The van der Waals surface area contributed by atoms with Crippen LogP contribution >= 0.6 is 0 Å². The summed E-state index contributed by atoms with van der Waals surface area (Å²) < 4.78 is 16.3. The number of nitrogens with zero attached hydrogens (tertiary/aromatic N) is 1. The number of benzene rings is 1. The van der Waals surface area contributed by atoms with Crippen LogP contribution < -0.4 is 15.2 Å². The molecule has 1 saturated carbocycles. The highest BCUT2D eigenvalue weighted by molar-refractivity contribution is 5.97. The molecule has 3 N–H and O–H groups in total. The molecule has 2 aliphatic rings. The van der Waals surface area contributed by atoms with Crippen molar-refractivity contribution in [2.75, 3.05) is 40.5 Å². The van der Waals surface area contributed by atoms with Crippen LogP contribution in [0.5, 0.6) is 11.5 Å². The molecule has 1 heterocycles. The molecule has 1 aromatic rings. The van der Waals surface area contributed by atoms with Gasteiger partial charge in [-0.3, -0.25) is 4.79 Å². The zero-order chi connectivity index (χ0) is 18.7. The Labute approximate surface area is 154 Å². The number of ether oxygens (including phenoxy) is 3. The van der Waals surface area contributed by atoms with E-state index in [1.807, 2.05) is 4.90 Å². The lowest BCUT2D eigenvalue weighted by atomic mass is 9.58. The number of aliphatic hydroxyl groups excluding tert-OH is 1. The van der Waals surface area contributed by atoms with E-state index in [1.54, 1.807) is 32.4 Å². The number of piperidine rings is 1. The number of hydrogen-bond acceptors (Lipinski definition) is 6. The molecule has 144 valence electrons. The second kappa shape index (κ2) is 7.82. The Morgan fingerprint density at radius 3 is 2.62 bits per heavy atom. The van der Waals surface area contributed by atoms with Crippen molar-refractivity contribution in [3.05, 3.63) is 23.8 Å². The Morgan fingerprint density at radius 1 is 1.31 bits per heavy atom. The van der Waals surface area contributed by atoms with Crippen molar-refractivity contribution in [2.45, 2.75) is 31.5 Å². The van der Waals surface area contributed by atoms with Crippen LogP contribution in [0.2, 0.25) is 0 Å². The first-order valence-electron chi connectivity index (χ1n) is 9.06. The molecule has 1 spiro atoms. The number of carbonyl (C=O) groups excluding carboxylic acids is 1. The standard InChI is InChI=1S/C19H28N2O5/c1-24-13-3-4-14(15(11-13)25-2)18(23)21-8-5-19(6-9-21)16(22)12-17(19)26-10-7-20/h3-4,11,16-17,22H,5-10,12,20H2,1-2H3. The van der Waals surface area contributed by atoms with E-state index in [1.165, 1.54) is 0 Å². The smallest absolute Gasteiger partial charge is 0.257 e. The third-order valence-electron chi connectivity index (χ3n) is 5.80. The summed E-state index contributed by atoms with van der Waals surface area (Å²) in [5, 5.41) is 10.3. The number of carbonyl (C=O) groups is 1. The highest BCUT2D eigenvalue weighted by Crippen LogP contribution is 2.51. The quantitative estimate of drug-likeness (QED) is 0.783. The van der Waals surface area contributed by atoms with E-state index in [2.05, 4.69) is 0 Å². The molecule has 1 aliphatic heterocycles. The fourth-order valence-electron chi connectivity index (χ4n) is 4.10. The van der Waals surface area contributed by atoms with Gasteiger partial charge >= 0.3 is 0 Å². The van der Waals surface area contributed by atoms with Crippen molar-refractivity contribution in [1.29, 1.82) is 0 Å². The van der Waals surface area contributed by atoms with Crippen LogP contribution in [0.4, 0.5) is 0 Å². The Bertz CT molecular complexity index is 643. The molecule has 2 unspecified atom stereocenters. The molecular weight excluding hydrogens is 336 g/mol. The molecule has 2 atom stereocenters. The second-order valence-electron chi connectivity index (χ2n) is 6.99. The summed E-state index contributed by atoms with van der Waals surface area (Å²) in [5.41, 5.74) is 5.80. The second-order valence-corrected chi connectivity index (χ2v) is 6.99. The van der Waals surface area contributed by atoms with Crippen LogP contribution in [0.15, 0.2) is 18.2 Å². The summed E-state index contributed by atoms with van der Waals surface area (Å²) in [5.74, 6) is 1.09. The Balaban J connectivity index is 1.67. The molecule has 1 saturated heterocycles. The number of aliphatic hydroxyl groups is 1. The van der Waals surface area contributed by atoms with Crippen molar-refractivity contribution in [2.24, 2.45) is 11.1 Å². The number of methoxy groups -OCH3 is 2. The highest BCUT2D eigenvalue weighted by Gasteiger charge is 2.56. The minimum atomic E-state index is -0.363.